The van der Waals surface area contributed by atoms with E-state index in [1.54, 1.807) is 25.1 Å². The molecule has 0 aliphatic heterocycles. The average Bonchev–Trinajstić information content (AvgIpc) is 2.52. The summed E-state index contributed by atoms with van der Waals surface area (Å²) in [6.07, 6.45) is -4.76. The Balaban J connectivity index is 1.99. The van der Waals surface area contributed by atoms with Crippen LogP contribution in [0, 0.1) is 0 Å². The number of alkyl halides is 5. The fraction of sp³-hybridized carbons (Fsp3) is 0.294. The molecular formula is C17H16F5NO2. The van der Waals surface area contributed by atoms with Crippen LogP contribution in [0.2, 0.25) is 0 Å². The molecule has 0 aromatic heterocycles. The third-order valence-electron chi connectivity index (χ3n) is 3.40. The SMILES string of the molecule is CC(NCc1ccccc1OC(F)(F)F)c1ccc(OC(F)F)cc1. The van der Waals surface area contributed by atoms with Crippen molar-refractivity contribution in [3.05, 3.63) is 59.7 Å². The van der Waals surface area contributed by atoms with Crippen LogP contribution in [0.3, 0.4) is 0 Å². The minimum atomic E-state index is -4.76. The van der Waals surface area contributed by atoms with E-state index in [0.29, 0.717) is 5.56 Å². The van der Waals surface area contributed by atoms with Crippen molar-refractivity contribution in [1.29, 1.82) is 0 Å². The Morgan fingerprint density at radius 3 is 2.24 bits per heavy atom. The fourth-order valence-electron chi connectivity index (χ4n) is 2.19. The minimum absolute atomic E-state index is 0.0369. The van der Waals surface area contributed by atoms with Gasteiger partial charge in [-0.15, -0.1) is 13.2 Å². The zero-order valence-electron chi connectivity index (χ0n) is 13.2. The van der Waals surface area contributed by atoms with Gasteiger partial charge in [0.15, 0.2) is 0 Å². The van der Waals surface area contributed by atoms with Crippen molar-refractivity contribution in [2.75, 3.05) is 0 Å². The third-order valence-corrected chi connectivity index (χ3v) is 3.40. The summed E-state index contributed by atoms with van der Waals surface area (Å²) < 4.78 is 69.7. The van der Waals surface area contributed by atoms with Crippen molar-refractivity contribution in [2.24, 2.45) is 0 Å². The van der Waals surface area contributed by atoms with Gasteiger partial charge in [0.05, 0.1) is 0 Å². The van der Waals surface area contributed by atoms with Gasteiger partial charge < -0.3 is 14.8 Å². The zero-order chi connectivity index (χ0) is 18.4. The summed E-state index contributed by atoms with van der Waals surface area (Å²) in [4.78, 5) is 0. The molecule has 136 valence electrons. The van der Waals surface area contributed by atoms with E-state index >= 15 is 0 Å². The lowest BCUT2D eigenvalue weighted by Crippen LogP contribution is -2.21. The quantitative estimate of drug-likeness (QED) is 0.701. The first-order valence-corrected chi connectivity index (χ1v) is 7.36. The van der Waals surface area contributed by atoms with E-state index in [-0.39, 0.29) is 24.1 Å². The van der Waals surface area contributed by atoms with Gasteiger partial charge >= 0.3 is 13.0 Å². The Hall–Kier alpha value is -2.35. The first kappa shape index (κ1) is 19.0. The Bertz CT molecular complexity index is 673. The molecule has 1 atom stereocenters. The van der Waals surface area contributed by atoms with Crippen LogP contribution in [0.25, 0.3) is 0 Å². The van der Waals surface area contributed by atoms with Crippen LogP contribution in [-0.2, 0) is 6.54 Å². The Morgan fingerprint density at radius 1 is 1.00 bits per heavy atom. The largest absolute Gasteiger partial charge is 0.573 e. The summed E-state index contributed by atoms with van der Waals surface area (Å²) >= 11 is 0. The van der Waals surface area contributed by atoms with Crippen LogP contribution in [0.15, 0.2) is 48.5 Å². The smallest absolute Gasteiger partial charge is 0.435 e. The van der Waals surface area contributed by atoms with Crippen molar-refractivity contribution in [3.8, 4) is 11.5 Å². The summed E-state index contributed by atoms with van der Waals surface area (Å²) in [5, 5.41) is 3.07. The highest BCUT2D eigenvalue weighted by Gasteiger charge is 2.31. The van der Waals surface area contributed by atoms with E-state index in [9.17, 15) is 22.0 Å². The van der Waals surface area contributed by atoms with E-state index in [2.05, 4.69) is 14.8 Å². The summed E-state index contributed by atoms with van der Waals surface area (Å²) in [5.74, 6) is -0.231. The topological polar surface area (TPSA) is 30.5 Å². The van der Waals surface area contributed by atoms with Crippen LogP contribution >= 0.6 is 0 Å². The van der Waals surface area contributed by atoms with Gasteiger partial charge in [0, 0.05) is 18.2 Å². The lowest BCUT2D eigenvalue weighted by molar-refractivity contribution is -0.274. The number of benzene rings is 2. The van der Waals surface area contributed by atoms with E-state index < -0.39 is 13.0 Å². The molecule has 0 heterocycles. The molecule has 25 heavy (non-hydrogen) atoms. The van der Waals surface area contributed by atoms with Gasteiger partial charge in [-0.1, -0.05) is 30.3 Å². The second-order valence-electron chi connectivity index (χ2n) is 5.21. The molecule has 0 saturated carbocycles. The standard InChI is InChI=1S/C17H16F5NO2/c1-11(12-6-8-14(9-7-12)24-16(18)19)23-10-13-4-2-3-5-15(13)25-17(20,21)22/h2-9,11,16,23H,10H2,1H3. The molecule has 0 amide bonds. The normalized spacial score (nSPS) is 12.9. The summed E-state index contributed by atoms with van der Waals surface area (Å²) in [7, 11) is 0. The number of hydrogen-bond acceptors (Lipinski definition) is 3. The molecule has 0 saturated heterocycles. The van der Waals surface area contributed by atoms with Crippen molar-refractivity contribution in [2.45, 2.75) is 32.5 Å². The summed E-state index contributed by atoms with van der Waals surface area (Å²) in [6.45, 7) is -0.953. The Kier molecular flexibility index (Phi) is 6.19. The number of halogens is 5. The van der Waals surface area contributed by atoms with Gasteiger partial charge in [0.1, 0.15) is 11.5 Å². The third kappa shape index (κ3) is 6.22. The van der Waals surface area contributed by atoms with Gasteiger partial charge in [-0.2, -0.15) is 8.78 Å². The van der Waals surface area contributed by atoms with Crippen molar-refractivity contribution in [1.82, 2.24) is 5.32 Å². The number of para-hydroxylation sites is 1. The number of nitrogens with one attached hydrogen (secondary N) is 1. The first-order chi connectivity index (χ1) is 11.7. The number of ether oxygens (including phenoxy) is 2. The molecule has 0 fully saturated rings. The van der Waals surface area contributed by atoms with Crippen molar-refractivity contribution in [3.63, 3.8) is 0 Å². The van der Waals surface area contributed by atoms with Crippen LogP contribution in [-0.4, -0.2) is 13.0 Å². The zero-order valence-corrected chi connectivity index (χ0v) is 13.2. The number of hydrogen-bond donors (Lipinski definition) is 1. The molecule has 2 rings (SSSR count). The summed E-state index contributed by atoms with van der Waals surface area (Å²) in [5.41, 5.74) is 1.13. The molecule has 0 aliphatic carbocycles. The lowest BCUT2D eigenvalue weighted by atomic mass is 10.1. The fourth-order valence-corrected chi connectivity index (χ4v) is 2.19. The van der Waals surface area contributed by atoms with Crippen LogP contribution in [0.4, 0.5) is 22.0 Å². The highest BCUT2D eigenvalue weighted by Crippen LogP contribution is 2.27. The monoisotopic (exact) mass is 361 g/mol. The maximum Gasteiger partial charge on any atom is 0.573 e. The highest BCUT2D eigenvalue weighted by molar-refractivity contribution is 5.34. The molecule has 2 aromatic rings. The predicted octanol–water partition coefficient (Wildman–Crippen LogP) is 5.04. The van der Waals surface area contributed by atoms with Gasteiger partial charge in [-0.3, -0.25) is 0 Å². The van der Waals surface area contributed by atoms with E-state index in [0.717, 1.165) is 5.56 Å². The molecule has 1 unspecified atom stereocenters. The highest BCUT2D eigenvalue weighted by atomic mass is 19.4. The van der Waals surface area contributed by atoms with Crippen LogP contribution < -0.4 is 14.8 Å². The average molecular weight is 361 g/mol. The van der Waals surface area contributed by atoms with E-state index in [4.69, 9.17) is 0 Å². The molecule has 8 heteroatoms. The molecule has 0 aliphatic rings. The van der Waals surface area contributed by atoms with Gasteiger partial charge in [-0.05, 0) is 30.7 Å². The Morgan fingerprint density at radius 2 is 1.64 bits per heavy atom. The molecule has 3 nitrogen and oxygen atoms in total. The molecule has 2 aromatic carbocycles. The predicted molar refractivity (Wildman–Crippen MR) is 81.5 cm³/mol. The molecule has 0 spiro atoms. The van der Waals surface area contributed by atoms with Gasteiger partial charge in [0.2, 0.25) is 0 Å². The Labute approximate surface area is 141 Å². The van der Waals surface area contributed by atoms with Gasteiger partial charge in [-0.25, -0.2) is 0 Å². The van der Waals surface area contributed by atoms with Crippen molar-refractivity contribution >= 4 is 0 Å². The second kappa shape index (κ2) is 8.15. The lowest BCUT2D eigenvalue weighted by Gasteiger charge is -2.17. The molecule has 0 radical (unpaired) electrons. The second-order valence-corrected chi connectivity index (χ2v) is 5.21. The maximum atomic E-state index is 12.4. The molecule has 1 N–H and O–H groups in total. The van der Waals surface area contributed by atoms with E-state index in [1.165, 1.54) is 30.3 Å². The minimum Gasteiger partial charge on any atom is -0.435 e. The summed E-state index contributed by atoms with van der Waals surface area (Å²) in [6, 6.07) is 11.6. The van der Waals surface area contributed by atoms with Gasteiger partial charge in [0.25, 0.3) is 0 Å². The first-order valence-electron chi connectivity index (χ1n) is 7.36. The molecule has 0 bridgehead atoms. The number of rotatable bonds is 7. The maximum absolute atomic E-state index is 12.4. The van der Waals surface area contributed by atoms with Crippen LogP contribution in [0.5, 0.6) is 11.5 Å². The van der Waals surface area contributed by atoms with Crippen molar-refractivity contribution < 1.29 is 31.4 Å². The van der Waals surface area contributed by atoms with Crippen LogP contribution in [0.1, 0.15) is 24.1 Å². The van der Waals surface area contributed by atoms with E-state index in [1.807, 2.05) is 0 Å². The molecular weight excluding hydrogens is 345 g/mol.